The number of rotatable bonds is 5. The summed E-state index contributed by atoms with van der Waals surface area (Å²) in [4.78, 5) is 49.7. The number of ether oxygens (including phenoxy) is 1. The maximum Gasteiger partial charge on any atom is 0.327 e. The largest absolute Gasteiger partial charge is 0.451 e. The van der Waals surface area contributed by atoms with Crippen LogP contribution in [0, 0.1) is 0 Å². The third kappa shape index (κ3) is 4.05. The Hall–Kier alpha value is -2.61. The van der Waals surface area contributed by atoms with E-state index in [-0.39, 0.29) is 0 Å². The highest BCUT2D eigenvalue weighted by Gasteiger charge is 2.52. The molecule has 1 aromatic carbocycles. The Morgan fingerprint density at radius 1 is 1.26 bits per heavy atom. The molecule has 1 spiro atoms. The molecule has 1 heterocycles. The van der Waals surface area contributed by atoms with Crippen LogP contribution in [-0.2, 0) is 19.1 Å². The summed E-state index contributed by atoms with van der Waals surface area (Å²) in [7, 11) is 0. The van der Waals surface area contributed by atoms with Crippen molar-refractivity contribution in [2.45, 2.75) is 44.2 Å². The minimum atomic E-state index is -1.09. The van der Waals surface area contributed by atoms with Crippen LogP contribution in [-0.4, -0.2) is 46.9 Å². The molecular weight excluding hydrogens is 374 g/mol. The Morgan fingerprint density at radius 2 is 1.89 bits per heavy atom. The van der Waals surface area contributed by atoms with Crippen molar-refractivity contribution in [3.05, 3.63) is 29.3 Å². The normalized spacial score (nSPS) is 19.1. The van der Waals surface area contributed by atoms with Gasteiger partial charge in [0.2, 0.25) is 0 Å². The van der Waals surface area contributed by atoms with Gasteiger partial charge in [-0.25, -0.2) is 4.79 Å². The molecule has 4 amide bonds. The van der Waals surface area contributed by atoms with E-state index in [0.717, 1.165) is 17.7 Å². The molecule has 0 bridgehead atoms. The Labute approximate surface area is 161 Å². The highest BCUT2D eigenvalue weighted by atomic mass is 35.5. The zero-order valence-electron chi connectivity index (χ0n) is 14.8. The topological polar surface area (TPSA) is 105 Å². The van der Waals surface area contributed by atoms with E-state index in [0.29, 0.717) is 23.6 Å². The Bertz CT molecular complexity index is 774. The average molecular weight is 394 g/mol. The third-order valence-electron chi connectivity index (χ3n) is 4.78. The van der Waals surface area contributed by atoms with Crippen LogP contribution in [0.2, 0.25) is 5.02 Å². The van der Waals surface area contributed by atoms with Crippen LogP contribution in [0.5, 0.6) is 0 Å². The summed E-state index contributed by atoms with van der Waals surface area (Å²) < 4.78 is 5.07. The minimum Gasteiger partial charge on any atom is -0.451 e. The summed E-state index contributed by atoms with van der Waals surface area (Å²) >= 11 is 5.78. The molecular formula is C18H20ClN3O5. The Morgan fingerprint density at radius 3 is 2.52 bits per heavy atom. The van der Waals surface area contributed by atoms with Crippen molar-refractivity contribution in [2.24, 2.45) is 0 Å². The summed E-state index contributed by atoms with van der Waals surface area (Å²) in [5.74, 6) is -1.76. The van der Waals surface area contributed by atoms with Gasteiger partial charge in [0.25, 0.3) is 11.8 Å². The van der Waals surface area contributed by atoms with Crippen molar-refractivity contribution in [3.63, 3.8) is 0 Å². The van der Waals surface area contributed by atoms with E-state index in [2.05, 4.69) is 10.6 Å². The summed E-state index contributed by atoms with van der Waals surface area (Å²) in [6, 6.07) is 5.86. The Kier molecular flexibility index (Phi) is 5.36. The van der Waals surface area contributed by atoms with Crippen molar-refractivity contribution in [1.29, 1.82) is 0 Å². The number of amides is 4. The second-order valence-corrected chi connectivity index (χ2v) is 7.18. The number of urea groups is 1. The van der Waals surface area contributed by atoms with Gasteiger partial charge in [-0.3, -0.25) is 19.3 Å². The van der Waals surface area contributed by atoms with Gasteiger partial charge in [-0.05, 0) is 44.0 Å². The number of carbonyl (C=O) groups excluding carboxylic acids is 4. The molecule has 1 aliphatic heterocycles. The number of esters is 1. The van der Waals surface area contributed by atoms with Gasteiger partial charge in [0.05, 0.1) is 0 Å². The predicted octanol–water partition coefficient (Wildman–Crippen LogP) is 2.07. The van der Waals surface area contributed by atoms with Gasteiger partial charge >= 0.3 is 12.0 Å². The molecule has 2 fully saturated rings. The van der Waals surface area contributed by atoms with Gasteiger partial charge in [-0.2, -0.15) is 0 Å². The zero-order valence-corrected chi connectivity index (χ0v) is 15.5. The number of carbonyl (C=O) groups is 4. The van der Waals surface area contributed by atoms with E-state index in [1.54, 1.807) is 24.3 Å². The first-order valence-corrected chi connectivity index (χ1v) is 9.08. The third-order valence-corrected chi connectivity index (χ3v) is 5.03. The van der Waals surface area contributed by atoms with Crippen LogP contribution in [0.4, 0.5) is 10.5 Å². The van der Waals surface area contributed by atoms with Gasteiger partial charge in [0, 0.05) is 10.7 Å². The molecule has 144 valence electrons. The fourth-order valence-corrected chi connectivity index (χ4v) is 3.46. The minimum absolute atomic E-state index is 0.403. The zero-order chi connectivity index (χ0) is 19.6. The molecule has 1 saturated heterocycles. The van der Waals surface area contributed by atoms with E-state index in [4.69, 9.17) is 16.3 Å². The number of hydrogen-bond acceptors (Lipinski definition) is 5. The van der Waals surface area contributed by atoms with Crippen LogP contribution in [0.25, 0.3) is 0 Å². The number of hydrogen-bond donors (Lipinski definition) is 2. The Balaban J connectivity index is 1.54. The number of nitrogens with one attached hydrogen (secondary N) is 2. The first-order chi connectivity index (χ1) is 12.8. The lowest BCUT2D eigenvalue weighted by atomic mass is 9.98. The number of anilines is 1. The lowest BCUT2D eigenvalue weighted by molar-refractivity contribution is -0.155. The van der Waals surface area contributed by atoms with Crippen LogP contribution < -0.4 is 10.6 Å². The summed E-state index contributed by atoms with van der Waals surface area (Å²) in [5, 5.41) is 5.81. The lowest BCUT2D eigenvalue weighted by Gasteiger charge is -2.20. The molecule has 1 saturated carbocycles. The smallest absolute Gasteiger partial charge is 0.327 e. The average Bonchev–Trinajstić information content (AvgIpc) is 3.18. The van der Waals surface area contributed by atoms with E-state index in [1.807, 2.05) is 0 Å². The molecule has 2 aliphatic rings. The van der Waals surface area contributed by atoms with Crippen molar-refractivity contribution in [2.75, 3.05) is 11.9 Å². The van der Waals surface area contributed by atoms with Crippen LogP contribution in [0.1, 0.15) is 32.6 Å². The fourth-order valence-electron chi connectivity index (χ4n) is 3.33. The maximum absolute atomic E-state index is 12.5. The first-order valence-electron chi connectivity index (χ1n) is 8.71. The molecule has 8 nitrogen and oxygen atoms in total. The van der Waals surface area contributed by atoms with Crippen molar-refractivity contribution in [3.8, 4) is 0 Å². The van der Waals surface area contributed by atoms with Gasteiger partial charge in [0.15, 0.2) is 6.10 Å². The van der Waals surface area contributed by atoms with Crippen molar-refractivity contribution < 1.29 is 23.9 Å². The first kappa shape index (κ1) is 19.2. The number of nitrogens with zero attached hydrogens (tertiary/aromatic N) is 1. The van der Waals surface area contributed by atoms with E-state index in [9.17, 15) is 19.2 Å². The highest BCUT2D eigenvalue weighted by molar-refractivity contribution is 6.30. The SMILES string of the molecule is C[C@@H](OC(=O)CN1C(=O)NC2(CCCC2)C1=O)C(=O)Nc1ccc(Cl)cc1. The van der Waals surface area contributed by atoms with Gasteiger partial charge in [-0.1, -0.05) is 24.4 Å². The standard InChI is InChI=1S/C18H20ClN3O5/c1-11(15(24)20-13-6-4-12(19)5-7-13)27-14(23)10-22-16(25)18(21-17(22)26)8-2-3-9-18/h4-7,11H,2-3,8-10H2,1H3,(H,20,24)(H,21,26)/t11-/m1/s1. The molecule has 1 aliphatic carbocycles. The predicted molar refractivity (Wildman–Crippen MR) is 97.1 cm³/mol. The molecule has 1 atom stereocenters. The van der Waals surface area contributed by atoms with E-state index in [1.165, 1.54) is 6.92 Å². The van der Waals surface area contributed by atoms with Crippen LogP contribution >= 0.6 is 11.6 Å². The monoisotopic (exact) mass is 393 g/mol. The molecule has 2 N–H and O–H groups in total. The second kappa shape index (κ2) is 7.56. The highest BCUT2D eigenvalue weighted by Crippen LogP contribution is 2.34. The molecule has 0 radical (unpaired) electrons. The lowest BCUT2D eigenvalue weighted by Crippen LogP contribution is -2.44. The van der Waals surface area contributed by atoms with E-state index >= 15 is 0 Å². The van der Waals surface area contributed by atoms with E-state index < -0.39 is 42.0 Å². The molecule has 0 aromatic heterocycles. The summed E-state index contributed by atoms with van der Waals surface area (Å²) in [6.45, 7) is 0.887. The van der Waals surface area contributed by atoms with Crippen molar-refractivity contribution in [1.82, 2.24) is 10.2 Å². The number of imide groups is 1. The quantitative estimate of drug-likeness (QED) is 0.588. The molecule has 27 heavy (non-hydrogen) atoms. The van der Waals surface area contributed by atoms with Gasteiger partial charge in [-0.15, -0.1) is 0 Å². The summed E-state index contributed by atoms with van der Waals surface area (Å²) in [5.41, 5.74) is -0.376. The van der Waals surface area contributed by atoms with Gasteiger partial charge < -0.3 is 15.4 Å². The van der Waals surface area contributed by atoms with Crippen LogP contribution in [0.15, 0.2) is 24.3 Å². The fraction of sp³-hybridized carbons (Fsp3) is 0.444. The van der Waals surface area contributed by atoms with Crippen molar-refractivity contribution >= 4 is 41.1 Å². The number of benzene rings is 1. The van der Waals surface area contributed by atoms with Crippen LogP contribution in [0.3, 0.4) is 0 Å². The number of halogens is 1. The molecule has 9 heteroatoms. The molecule has 1 aromatic rings. The second-order valence-electron chi connectivity index (χ2n) is 6.74. The van der Waals surface area contributed by atoms with Gasteiger partial charge in [0.1, 0.15) is 12.1 Å². The molecule has 3 rings (SSSR count). The summed E-state index contributed by atoms with van der Waals surface area (Å²) in [6.07, 6.45) is 1.76. The maximum atomic E-state index is 12.5. The molecule has 0 unspecified atom stereocenters.